The number of hydrogen-bond acceptors (Lipinski definition) is 7. The molecule has 7 heteroatoms. The summed E-state index contributed by atoms with van der Waals surface area (Å²) in [5.41, 5.74) is 11.0. The maximum Gasteiger partial charge on any atom is 0.130 e. The quantitative estimate of drug-likeness (QED) is 0.666. The molecule has 1 aliphatic heterocycles. The van der Waals surface area contributed by atoms with E-state index >= 15 is 0 Å². The largest absolute Gasteiger partial charge is 0.397 e. The number of anilines is 1. The predicted molar refractivity (Wildman–Crippen MR) is 116 cm³/mol. The van der Waals surface area contributed by atoms with Crippen LogP contribution in [0.2, 0.25) is 0 Å². The number of aryl methyl sites for hydroxylation is 1. The Morgan fingerprint density at radius 3 is 2.90 bits per heavy atom. The van der Waals surface area contributed by atoms with Gasteiger partial charge in [-0.15, -0.1) is 0 Å². The molecule has 148 valence electrons. The molecule has 1 fully saturated rings. The molecule has 0 aromatic carbocycles. The maximum absolute atomic E-state index is 7.36. The van der Waals surface area contributed by atoms with Gasteiger partial charge in [0.15, 0.2) is 0 Å². The Labute approximate surface area is 169 Å². The molecule has 0 aliphatic carbocycles. The van der Waals surface area contributed by atoms with Crippen LogP contribution in [0.3, 0.4) is 0 Å². The molecule has 1 atom stereocenters. The maximum atomic E-state index is 7.36. The van der Waals surface area contributed by atoms with Gasteiger partial charge in [0.2, 0.25) is 0 Å². The predicted octanol–water partition coefficient (Wildman–Crippen LogP) is 3.17. The van der Waals surface area contributed by atoms with E-state index in [0.29, 0.717) is 24.6 Å². The van der Waals surface area contributed by atoms with Crippen LogP contribution in [-0.2, 0) is 4.74 Å². The lowest BCUT2D eigenvalue weighted by atomic mass is 9.99. The summed E-state index contributed by atoms with van der Waals surface area (Å²) in [6.45, 7) is 6.24. The Kier molecular flexibility index (Phi) is 5.22. The third kappa shape index (κ3) is 3.56. The van der Waals surface area contributed by atoms with E-state index in [9.17, 15) is 0 Å². The van der Waals surface area contributed by atoms with Crippen molar-refractivity contribution in [3.63, 3.8) is 0 Å². The van der Waals surface area contributed by atoms with Crippen LogP contribution in [0.5, 0.6) is 0 Å². The minimum absolute atomic E-state index is 0.214. The minimum Gasteiger partial charge on any atom is -0.397 e. The topological polar surface area (TPSA) is 101 Å². The van der Waals surface area contributed by atoms with Crippen LogP contribution in [0.4, 0.5) is 5.82 Å². The highest BCUT2D eigenvalue weighted by Crippen LogP contribution is 2.35. The van der Waals surface area contributed by atoms with Crippen molar-refractivity contribution in [1.29, 1.82) is 5.41 Å². The zero-order valence-corrected chi connectivity index (χ0v) is 16.6. The smallest absolute Gasteiger partial charge is 0.130 e. The highest BCUT2D eigenvalue weighted by atomic mass is 16.5. The second-order valence-electron chi connectivity index (χ2n) is 7.13. The van der Waals surface area contributed by atoms with Gasteiger partial charge < -0.3 is 20.8 Å². The van der Waals surface area contributed by atoms with Crippen molar-refractivity contribution in [2.24, 2.45) is 5.73 Å². The van der Waals surface area contributed by atoms with E-state index in [2.05, 4.69) is 33.9 Å². The van der Waals surface area contributed by atoms with E-state index in [1.54, 1.807) is 12.4 Å². The van der Waals surface area contributed by atoms with Gasteiger partial charge in [-0.1, -0.05) is 6.07 Å². The third-order valence-electron chi connectivity index (χ3n) is 5.21. The molecule has 3 aromatic heterocycles. The number of rotatable bonds is 4. The molecule has 3 aromatic rings. The van der Waals surface area contributed by atoms with Gasteiger partial charge >= 0.3 is 0 Å². The summed E-state index contributed by atoms with van der Waals surface area (Å²) in [5.74, 6) is 0.864. The Balaban J connectivity index is 2.02. The van der Waals surface area contributed by atoms with Gasteiger partial charge in [-0.2, -0.15) is 0 Å². The van der Waals surface area contributed by atoms with Gasteiger partial charge in [0.1, 0.15) is 17.0 Å². The third-order valence-corrected chi connectivity index (χ3v) is 5.21. The van der Waals surface area contributed by atoms with Gasteiger partial charge in [-0.05, 0) is 43.7 Å². The fourth-order valence-electron chi connectivity index (χ4n) is 3.72. The molecule has 1 unspecified atom stereocenters. The van der Waals surface area contributed by atoms with E-state index in [1.807, 2.05) is 19.1 Å². The fourth-order valence-corrected chi connectivity index (χ4v) is 3.72. The van der Waals surface area contributed by atoms with Crippen molar-refractivity contribution in [2.45, 2.75) is 19.9 Å². The molecule has 1 aliphatic rings. The second-order valence-corrected chi connectivity index (χ2v) is 7.13. The average Bonchev–Trinajstić information content (AvgIpc) is 2.73. The van der Waals surface area contributed by atoms with Gasteiger partial charge in [-0.25, -0.2) is 4.98 Å². The zero-order chi connectivity index (χ0) is 20.4. The number of morpholine rings is 1. The van der Waals surface area contributed by atoms with Crippen LogP contribution in [0, 0.1) is 12.3 Å². The minimum atomic E-state index is 0.214. The molecule has 0 bridgehead atoms. The number of fused-ring (bicyclic) bond motifs is 1. The van der Waals surface area contributed by atoms with Gasteiger partial charge in [0.05, 0.1) is 25.0 Å². The average molecular weight is 388 g/mol. The number of pyridine rings is 3. The molecule has 7 nitrogen and oxygen atoms in total. The lowest BCUT2D eigenvalue weighted by Crippen LogP contribution is -2.44. The molecular formula is C22H24N6O. The number of hydrogen-bond donors (Lipinski definition) is 2. The number of ether oxygens (including phenoxy) is 1. The standard InChI is InChI=1S/C22H24N6O/c1-14-13-29-11-10-28(14)20-12-18(16-4-3-8-25-15(16)2)17-6-9-26-22(21(17)27-20)19(24)5-7-23/h3-9,12,14,23H,10-11,13,24H2,1-2H3/b19-5-,23-7?. The monoisotopic (exact) mass is 388 g/mol. The first-order chi connectivity index (χ1) is 14.1. The van der Waals surface area contributed by atoms with Crippen LogP contribution < -0.4 is 10.6 Å². The number of allylic oxidation sites excluding steroid dienone is 1. The van der Waals surface area contributed by atoms with Crippen molar-refractivity contribution < 1.29 is 4.74 Å². The Morgan fingerprint density at radius 2 is 2.14 bits per heavy atom. The first-order valence-corrected chi connectivity index (χ1v) is 9.63. The molecule has 1 saturated heterocycles. The zero-order valence-electron chi connectivity index (χ0n) is 16.6. The highest BCUT2D eigenvalue weighted by Gasteiger charge is 2.23. The summed E-state index contributed by atoms with van der Waals surface area (Å²) in [6, 6.07) is 8.30. The Hall–Kier alpha value is -3.32. The van der Waals surface area contributed by atoms with Gasteiger partial charge in [0.25, 0.3) is 0 Å². The molecular weight excluding hydrogens is 364 g/mol. The summed E-state index contributed by atoms with van der Waals surface area (Å²) in [7, 11) is 0. The van der Waals surface area contributed by atoms with Crippen molar-refractivity contribution in [3.05, 3.63) is 54.1 Å². The lowest BCUT2D eigenvalue weighted by molar-refractivity contribution is 0.0986. The molecule has 3 N–H and O–H groups in total. The van der Waals surface area contributed by atoms with Crippen molar-refractivity contribution in [2.75, 3.05) is 24.7 Å². The van der Waals surface area contributed by atoms with Gasteiger partial charge in [0, 0.05) is 41.8 Å². The van der Waals surface area contributed by atoms with Crippen LogP contribution in [0.15, 0.2) is 42.7 Å². The van der Waals surface area contributed by atoms with Crippen LogP contribution in [-0.4, -0.2) is 47.0 Å². The van der Waals surface area contributed by atoms with E-state index in [-0.39, 0.29) is 6.04 Å². The molecule has 4 rings (SSSR count). The second kappa shape index (κ2) is 7.97. The summed E-state index contributed by atoms with van der Waals surface area (Å²) < 4.78 is 5.60. The highest BCUT2D eigenvalue weighted by molar-refractivity contribution is 6.01. The first-order valence-electron chi connectivity index (χ1n) is 9.63. The molecule has 0 saturated carbocycles. The number of nitrogens with one attached hydrogen (secondary N) is 1. The van der Waals surface area contributed by atoms with E-state index in [1.165, 1.54) is 6.08 Å². The van der Waals surface area contributed by atoms with Crippen molar-refractivity contribution in [1.82, 2.24) is 15.0 Å². The summed E-state index contributed by atoms with van der Waals surface area (Å²) in [4.78, 5) is 16.2. The summed E-state index contributed by atoms with van der Waals surface area (Å²) >= 11 is 0. The van der Waals surface area contributed by atoms with Crippen LogP contribution in [0.1, 0.15) is 18.3 Å². The van der Waals surface area contributed by atoms with E-state index in [4.69, 9.17) is 20.9 Å². The fraction of sp³-hybridized carbons (Fsp3) is 0.273. The Morgan fingerprint density at radius 1 is 1.28 bits per heavy atom. The summed E-state index contributed by atoms with van der Waals surface area (Å²) in [5, 5.41) is 8.32. The van der Waals surface area contributed by atoms with Crippen molar-refractivity contribution in [3.8, 4) is 11.1 Å². The summed E-state index contributed by atoms with van der Waals surface area (Å²) in [6.07, 6.45) is 6.22. The molecule has 0 amide bonds. The Bertz CT molecular complexity index is 1090. The molecule has 4 heterocycles. The molecule has 29 heavy (non-hydrogen) atoms. The number of nitrogens with zero attached hydrogens (tertiary/aromatic N) is 4. The SMILES string of the molecule is Cc1ncccc1-c1cc(N2CCOCC2C)nc2c(/C(N)=C/C=N)nccc12. The van der Waals surface area contributed by atoms with Crippen LogP contribution in [0.25, 0.3) is 27.7 Å². The normalized spacial score (nSPS) is 17.5. The van der Waals surface area contributed by atoms with E-state index < -0.39 is 0 Å². The lowest BCUT2D eigenvalue weighted by Gasteiger charge is -2.34. The van der Waals surface area contributed by atoms with Crippen LogP contribution >= 0.6 is 0 Å². The first kappa shape index (κ1) is 19.0. The molecule has 0 radical (unpaired) electrons. The van der Waals surface area contributed by atoms with E-state index in [0.717, 1.165) is 46.3 Å². The molecule has 0 spiro atoms. The van der Waals surface area contributed by atoms with Gasteiger partial charge in [-0.3, -0.25) is 9.97 Å². The number of nitrogens with two attached hydrogens (primary N) is 1. The number of aromatic nitrogens is 3. The van der Waals surface area contributed by atoms with Crippen molar-refractivity contribution >= 4 is 28.6 Å².